The first-order valence-electron chi connectivity index (χ1n) is 12.6. The van der Waals surface area contributed by atoms with Crippen LogP contribution in [0.4, 0.5) is 4.79 Å². The van der Waals surface area contributed by atoms with Crippen molar-refractivity contribution in [3.8, 4) is 5.69 Å². The summed E-state index contributed by atoms with van der Waals surface area (Å²) in [4.78, 5) is 19.3. The third kappa shape index (κ3) is 4.25. The molecule has 8 nitrogen and oxygen atoms in total. The van der Waals surface area contributed by atoms with Gasteiger partial charge in [0.05, 0.1) is 29.2 Å². The van der Waals surface area contributed by atoms with Gasteiger partial charge in [-0.05, 0) is 81.7 Å². The number of aromatic nitrogens is 5. The standard InChI is InChI=1S/C27H30N6O2S/c1-27(2,3)35-26(34)32-15-19-7-4-5-8-20(19)33-22(16-32)29-30-25(33)18-12-10-17(11-13-18)23-24-21(36-31-23)9-6-14-28-24/h4-9,14,17-18H,10-13,15-16H2,1-3H3. The zero-order chi connectivity index (χ0) is 24.9. The Morgan fingerprint density at radius 2 is 1.78 bits per heavy atom. The minimum absolute atomic E-state index is 0.307. The summed E-state index contributed by atoms with van der Waals surface area (Å²) >= 11 is 1.54. The van der Waals surface area contributed by atoms with Crippen LogP contribution in [0.15, 0.2) is 42.6 Å². The monoisotopic (exact) mass is 502 g/mol. The smallest absolute Gasteiger partial charge is 0.411 e. The second kappa shape index (κ2) is 8.96. The molecule has 0 spiro atoms. The maximum Gasteiger partial charge on any atom is 0.411 e. The highest BCUT2D eigenvalue weighted by molar-refractivity contribution is 7.13. The van der Waals surface area contributed by atoms with Crippen molar-refractivity contribution >= 4 is 27.8 Å². The lowest BCUT2D eigenvalue weighted by Crippen LogP contribution is -2.35. The highest BCUT2D eigenvalue weighted by atomic mass is 32.1. The maximum absolute atomic E-state index is 13.0. The number of para-hydroxylation sites is 1. The third-order valence-corrected chi connectivity index (χ3v) is 7.88. The predicted molar refractivity (Wildman–Crippen MR) is 138 cm³/mol. The first kappa shape index (κ1) is 23.1. The van der Waals surface area contributed by atoms with E-state index in [0.717, 1.165) is 64.5 Å². The van der Waals surface area contributed by atoms with Crippen LogP contribution in [0, 0.1) is 0 Å². The molecular weight excluding hydrogens is 472 g/mol. The number of hydrogen-bond acceptors (Lipinski definition) is 7. The number of rotatable bonds is 2. The van der Waals surface area contributed by atoms with Crippen molar-refractivity contribution in [1.82, 2.24) is 29.0 Å². The number of pyridine rings is 1. The van der Waals surface area contributed by atoms with Crippen molar-refractivity contribution in [2.24, 2.45) is 0 Å². The molecule has 9 heteroatoms. The van der Waals surface area contributed by atoms with Crippen molar-refractivity contribution in [3.05, 3.63) is 65.5 Å². The van der Waals surface area contributed by atoms with E-state index in [1.807, 2.05) is 45.2 Å². The normalized spacial score (nSPS) is 20.0. The number of nitrogens with zero attached hydrogens (tertiary/aromatic N) is 6. The van der Waals surface area contributed by atoms with Crippen LogP contribution in [0.2, 0.25) is 0 Å². The molecule has 0 saturated heterocycles. The van der Waals surface area contributed by atoms with Gasteiger partial charge in [0.15, 0.2) is 5.82 Å². The number of benzene rings is 1. The van der Waals surface area contributed by atoms with Gasteiger partial charge >= 0.3 is 6.09 Å². The number of ether oxygens (including phenoxy) is 1. The molecule has 0 atom stereocenters. The fourth-order valence-corrected chi connectivity index (χ4v) is 6.22. The van der Waals surface area contributed by atoms with E-state index in [1.165, 1.54) is 0 Å². The number of carbonyl (C=O) groups excluding carboxylic acids is 1. The third-order valence-electron chi connectivity index (χ3n) is 7.07. The van der Waals surface area contributed by atoms with Gasteiger partial charge in [0, 0.05) is 18.0 Å². The molecule has 0 N–H and O–H groups in total. The minimum atomic E-state index is -0.557. The molecule has 36 heavy (non-hydrogen) atoms. The Labute approximate surface area is 214 Å². The zero-order valence-electron chi connectivity index (χ0n) is 20.8. The summed E-state index contributed by atoms with van der Waals surface area (Å²) in [5.41, 5.74) is 3.76. The summed E-state index contributed by atoms with van der Waals surface area (Å²) in [5, 5.41) is 9.25. The van der Waals surface area contributed by atoms with Gasteiger partial charge in [0.2, 0.25) is 0 Å². The van der Waals surface area contributed by atoms with E-state index in [4.69, 9.17) is 9.11 Å². The lowest BCUT2D eigenvalue weighted by Gasteiger charge is -2.27. The van der Waals surface area contributed by atoms with E-state index in [0.29, 0.717) is 24.9 Å². The van der Waals surface area contributed by atoms with Crippen molar-refractivity contribution in [2.75, 3.05) is 0 Å². The Morgan fingerprint density at radius 1 is 1.00 bits per heavy atom. The van der Waals surface area contributed by atoms with Crippen LogP contribution in [0.1, 0.15) is 81.2 Å². The molecule has 1 fully saturated rings. The molecule has 6 rings (SSSR count). The summed E-state index contributed by atoms with van der Waals surface area (Å²) < 4.78 is 13.8. The second-order valence-corrected chi connectivity index (χ2v) is 11.5. The van der Waals surface area contributed by atoms with Crippen molar-refractivity contribution in [1.29, 1.82) is 0 Å². The van der Waals surface area contributed by atoms with Gasteiger partial charge in [0.1, 0.15) is 16.9 Å². The zero-order valence-corrected chi connectivity index (χ0v) is 21.7. The van der Waals surface area contributed by atoms with Crippen LogP contribution < -0.4 is 0 Å². The Kier molecular flexibility index (Phi) is 5.75. The van der Waals surface area contributed by atoms with Gasteiger partial charge in [-0.1, -0.05) is 18.2 Å². The van der Waals surface area contributed by atoms with Gasteiger partial charge in [-0.2, -0.15) is 4.37 Å². The van der Waals surface area contributed by atoms with Crippen LogP contribution in [-0.2, 0) is 17.8 Å². The largest absolute Gasteiger partial charge is 0.444 e. The molecule has 4 aromatic rings. The maximum atomic E-state index is 13.0. The molecule has 1 aliphatic carbocycles. The second-order valence-electron chi connectivity index (χ2n) is 10.7. The molecule has 0 bridgehead atoms. The number of carbonyl (C=O) groups is 1. The Morgan fingerprint density at radius 3 is 2.58 bits per heavy atom. The highest BCUT2D eigenvalue weighted by Crippen LogP contribution is 2.42. The highest BCUT2D eigenvalue weighted by Gasteiger charge is 2.33. The lowest BCUT2D eigenvalue weighted by atomic mass is 9.80. The van der Waals surface area contributed by atoms with Crippen LogP contribution >= 0.6 is 11.5 Å². The summed E-state index contributed by atoms with van der Waals surface area (Å²) in [7, 11) is 0. The van der Waals surface area contributed by atoms with Gasteiger partial charge in [-0.25, -0.2) is 4.79 Å². The molecule has 4 heterocycles. The van der Waals surface area contributed by atoms with Crippen LogP contribution in [0.5, 0.6) is 0 Å². The number of amides is 1. The van der Waals surface area contributed by atoms with Gasteiger partial charge in [-0.15, -0.1) is 10.2 Å². The van der Waals surface area contributed by atoms with Crippen LogP contribution in [0.25, 0.3) is 15.9 Å². The number of fused-ring (bicyclic) bond motifs is 4. The Bertz CT molecular complexity index is 1410. The average molecular weight is 503 g/mol. The molecule has 1 saturated carbocycles. The molecule has 2 aliphatic rings. The Hall–Kier alpha value is -3.33. The molecule has 186 valence electrons. The van der Waals surface area contributed by atoms with E-state index < -0.39 is 5.60 Å². The quantitative estimate of drug-likeness (QED) is 0.336. The fourth-order valence-electron chi connectivity index (χ4n) is 5.40. The SMILES string of the molecule is CC(C)(C)OC(=O)N1Cc2ccccc2-n2c(nnc2C2CCC(c3nsc4cccnc34)CC2)C1. The topological polar surface area (TPSA) is 86.0 Å². The molecule has 0 unspecified atom stereocenters. The van der Waals surface area contributed by atoms with E-state index in [2.05, 4.69) is 37.9 Å². The van der Waals surface area contributed by atoms with Crippen LogP contribution in [0.3, 0.4) is 0 Å². The van der Waals surface area contributed by atoms with Gasteiger partial charge < -0.3 is 4.74 Å². The summed E-state index contributed by atoms with van der Waals surface area (Å²) in [5.74, 6) is 2.49. The molecule has 1 aliphatic heterocycles. The molecule has 1 amide bonds. The first-order chi connectivity index (χ1) is 17.4. The molecule has 3 aromatic heterocycles. The summed E-state index contributed by atoms with van der Waals surface area (Å²) in [6.07, 6.45) is 5.66. The van der Waals surface area contributed by atoms with Crippen molar-refractivity contribution in [2.45, 2.75) is 77.0 Å². The van der Waals surface area contributed by atoms with Crippen molar-refractivity contribution in [3.63, 3.8) is 0 Å². The van der Waals surface area contributed by atoms with Crippen molar-refractivity contribution < 1.29 is 9.53 Å². The minimum Gasteiger partial charge on any atom is -0.444 e. The summed E-state index contributed by atoms with van der Waals surface area (Å²) in [6.45, 7) is 6.50. The average Bonchev–Trinajstić information content (AvgIpc) is 3.43. The Balaban J connectivity index is 1.27. The summed E-state index contributed by atoms with van der Waals surface area (Å²) in [6, 6.07) is 12.3. The first-order valence-corrected chi connectivity index (χ1v) is 13.4. The molecule has 1 aromatic carbocycles. The number of hydrogen-bond donors (Lipinski definition) is 0. The predicted octanol–water partition coefficient (Wildman–Crippen LogP) is 5.96. The van der Waals surface area contributed by atoms with E-state index in [-0.39, 0.29) is 6.09 Å². The molecular formula is C27H30N6O2S. The fraction of sp³-hybridized carbons (Fsp3) is 0.444. The lowest BCUT2D eigenvalue weighted by molar-refractivity contribution is 0.0214. The van der Waals surface area contributed by atoms with E-state index >= 15 is 0 Å². The van der Waals surface area contributed by atoms with Crippen LogP contribution in [-0.4, -0.2) is 40.7 Å². The molecule has 0 radical (unpaired) electrons. The van der Waals surface area contributed by atoms with Gasteiger partial charge in [0.25, 0.3) is 0 Å². The van der Waals surface area contributed by atoms with E-state index in [1.54, 1.807) is 16.4 Å². The van der Waals surface area contributed by atoms with Gasteiger partial charge in [-0.3, -0.25) is 14.5 Å². The van der Waals surface area contributed by atoms with E-state index in [9.17, 15) is 4.79 Å².